The van der Waals surface area contributed by atoms with Crippen molar-refractivity contribution in [3.05, 3.63) is 57.6 Å². The van der Waals surface area contributed by atoms with Crippen LogP contribution in [0.3, 0.4) is 0 Å². The van der Waals surface area contributed by atoms with Gasteiger partial charge in [-0.25, -0.2) is 0 Å². The van der Waals surface area contributed by atoms with Crippen LogP contribution in [-0.2, 0) is 17.5 Å². The van der Waals surface area contributed by atoms with Gasteiger partial charge in [0.15, 0.2) is 11.5 Å². The number of carbonyl (C=O) groups excluding carboxylic acids is 1. The van der Waals surface area contributed by atoms with Crippen LogP contribution >= 0.6 is 0 Å². The van der Waals surface area contributed by atoms with E-state index in [2.05, 4.69) is 5.32 Å². The summed E-state index contributed by atoms with van der Waals surface area (Å²) in [5.41, 5.74) is -1.06. The maximum Gasteiger partial charge on any atom is 0.416 e. The predicted octanol–water partition coefficient (Wildman–Crippen LogP) is 3.85. The van der Waals surface area contributed by atoms with E-state index >= 15 is 0 Å². The monoisotopic (exact) mass is 439 g/mol. The van der Waals surface area contributed by atoms with Crippen LogP contribution in [0.1, 0.15) is 17.5 Å². The molecule has 166 valence electrons. The molecule has 2 aromatic rings. The summed E-state index contributed by atoms with van der Waals surface area (Å²) < 4.78 is 49.3. The van der Waals surface area contributed by atoms with Gasteiger partial charge in [0.1, 0.15) is 18.9 Å². The lowest BCUT2D eigenvalue weighted by atomic mass is 10.1. The Kier molecular flexibility index (Phi) is 6.52. The molecule has 0 saturated heterocycles. The first-order valence-corrected chi connectivity index (χ1v) is 9.37. The molecule has 0 saturated carbocycles. The number of benzene rings is 2. The van der Waals surface area contributed by atoms with Crippen molar-refractivity contribution in [3.63, 3.8) is 0 Å². The fourth-order valence-corrected chi connectivity index (χ4v) is 3.05. The molecule has 0 atom stereocenters. The lowest BCUT2D eigenvalue weighted by Crippen LogP contribution is -2.28. The number of ether oxygens (including phenoxy) is 2. The van der Waals surface area contributed by atoms with Crippen molar-refractivity contribution in [1.82, 2.24) is 4.90 Å². The molecule has 2 aromatic carbocycles. The standard InChI is InChI=1S/C20H20F3N3O5/c1-25(12-13-2-5-17-18(10-13)31-9-8-30-17)19(27)6-7-24-15-4-3-14(20(21,22)23)11-16(15)26(28)29/h2-5,10-11,24H,6-9,12H2,1H3. The van der Waals surface area contributed by atoms with Gasteiger partial charge in [0.25, 0.3) is 5.69 Å². The SMILES string of the molecule is CN(Cc1ccc2c(c1)OCCO2)C(=O)CCNc1ccc(C(F)(F)F)cc1[N+](=O)[O-]. The van der Waals surface area contributed by atoms with Crippen LogP contribution in [0.5, 0.6) is 11.5 Å². The van der Waals surface area contributed by atoms with Crippen molar-refractivity contribution in [2.24, 2.45) is 0 Å². The number of halogens is 3. The van der Waals surface area contributed by atoms with Crippen molar-refractivity contribution in [1.29, 1.82) is 0 Å². The number of hydrogen-bond donors (Lipinski definition) is 1. The van der Waals surface area contributed by atoms with E-state index in [4.69, 9.17) is 9.47 Å². The Bertz CT molecular complexity index is 981. The molecule has 11 heteroatoms. The first-order valence-electron chi connectivity index (χ1n) is 9.37. The zero-order valence-electron chi connectivity index (χ0n) is 16.6. The van der Waals surface area contributed by atoms with Crippen LogP contribution < -0.4 is 14.8 Å². The molecule has 1 amide bonds. The Balaban J connectivity index is 1.56. The summed E-state index contributed by atoms with van der Waals surface area (Å²) in [5, 5.41) is 13.8. The molecule has 1 aliphatic rings. The van der Waals surface area contributed by atoms with Gasteiger partial charge in [-0.2, -0.15) is 13.2 Å². The van der Waals surface area contributed by atoms with Crippen LogP contribution in [-0.4, -0.2) is 42.5 Å². The third kappa shape index (κ3) is 5.56. The normalized spacial score (nSPS) is 12.9. The molecule has 0 spiro atoms. The fourth-order valence-electron chi connectivity index (χ4n) is 3.05. The molecule has 0 radical (unpaired) electrons. The molecule has 1 N–H and O–H groups in total. The molecular weight excluding hydrogens is 419 g/mol. The number of nitrogens with one attached hydrogen (secondary N) is 1. The lowest BCUT2D eigenvalue weighted by molar-refractivity contribution is -0.384. The van der Waals surface area contributed by atoms with Crippen LogP contribution in [0.4, 0.5) is 24.5 Å². The number of nitrogens with zero attached hydrogens (tertiary/aromatic N) is 2. The maximum atomic E-state index is 12.8. The van der Waals surface area contributed by atoms with E-state index in [0.29, 0.717) is 37.3 Å². The number of amides is 1. The highest BCUT2D eigenvalue weighted by Gasteiger charge is 2.33. The smallest absolute Gasteiger partial charge is 0.416 e. The van der Waals surface area contributed by atoms with Gasteiger partial charge < -0.3 is 19.7 Å². The summed E-state index contributed by atoms with van der Waals surface area (Å²) in [6, 6.07) is 7.60. The molecule has 0 aliphatic carbocycles. The van der Waals surface area contributed by atoms with Crippen molar-refractivity contribution in [2.75, 3.05) is 32.1 Å². The largest absolute Gasteiger partial charge is 0.486 e. The number of anilines is 1. The van der Waals surface area contributed by atoms with E-state index in [0.717, 1.165) is 17.7 Å². The molecule has 0 unspecified atom stereocenters. The average Bonchev–Trinajstić information content (AvgIpc) is 2.72. The fraction of sp³-hybridized carbons (Fsp3) is 0.350. The second-order valence-electron chi connectivity index (χ2n) is 6.89. The van der Waals surface area contributed by atoms with E-state index < -0.39 is 22.4 Å². The van der Waals surface area contributed by atoms with E-state index in [-0.39, 0.29) is 24.6 Å². The summed E-state index contributed by atoms with van der Waals surface area (Å²) >= 11 is 0. The van der Waals surface area contributed by atoms with Gasteiger partial charge in [0.05, 0.1) is 10.5 Å². The quantitative estimate of drug-likeness (QED) is 0.520. The molecule has 0 aromatic heterocycles. The van der Waals surface area contributed by atoms with Gasteiger partial charge in [0, 0.05) is 32.6 Å². The van der Waals surface area contributed by atoms with Crippen LogP contribution in [0.2, 0.25) is 0 Å². The predicted molar refractivity (Wildman–Crippen MR) is 105 cm³/mol. The summed E-state index contributed by atoms with van der Waals surface area (Å²) in [4.78, 5) is 24.1. The second-order valence-corrected chi connectivity index (χ2v) is 6.89. The highest BCUT2D eigenvalue weighted by molar-refractivity contribution is 5.76. The van der Waals surface area contributed by atoms with Gasteiger partial charge in [0.2, 0.25) is 5.91 Å². The minimum Gasteiger partial charge on any atom is -0.486 e. The zero-order valence-corrected chi connectivity index (χ0v) is 16.6. The molecular formula is C20H20F3N3O5. The van der Waals surface area contributed by atoms with Crippen molar-refractivity contribution in [2.45, 2.75) is 19.1 Å². The Morgan fingerprint density at radius 1 is 1.16 bits per heavy atom. The number of fused-ring (bicyclic) bond motifs is 1. The van der Waals surface area contributed by atoms with Gasteiger partial charge in [-0.1, -0.05) is 6.07 Å². The van der Waals surface area contributed by atoms with E-state index in [1.807, 2.05) is 6.07 Å². The third-order valence-electron chi connectivity index (χ3n) is 4.63. The Morgan fingerprint density at radius 3 is 2.55 bits per heavy atom. The van der Waals surface area contributed by atoms with Gasteiger partial charge in [-0.15, -0.1) is 0 Å². The number of alkyl halides is 3. The van der Waals surface area contributed by atoms with Crippen LogP contribution in [0.15, 0.2) is 36.4 Å². The van der Waals surface area contributed by atoms with E-state index in [1.54, 1.807) is 19.2 Å². The molecule has 8 nitrogen and oxygen atoms in total. The second kappa shape index (κ2) is 9.11. The van der Waals surface area contributed by atoms with E-state index in [1.165, 1.54) is 4.90 Å². The number of carbonyl (C=O) groups is 1. The first kappa shape index (κ1) is 22.2. The summed E-state index contributed by atoms with van der Waals surface area (Å²) in [5.74, 6) is 1.02. The molecule has 0 fully saturated rings. The van der Waals surface area contributed by atoms with Crippen LogP contribution in [0.25, 0.3) is 0 Å². The highest BCUT2D eigenvalue weighted by Crippen LogP contribution is 2.35. The topological polar surface area (TPSA) is 93.9 Å². The minimum absolute atomic E-state index is 0.000766. The van der Waals surface area contributed by atoms with Crippen LogP contribution in [0, 0.1) is 10.1 Å². The number of hydrogen-bond acceptors (Lipinski definition) is 6. The Morgan fingerprint density at radius 2 is 1.87 bits per heavy atom. The lowest BCUT2D eigenvalue weighted by Gasteiger charge is -2.21. The van der Waals surface area contributed by atoms with Crippen molar-refractivity contribution in [3.8, 4) is 11.5 Å². The minimum atomic E-state index is -4.68. The number of nitro benzene ring substituents is 1. The first-order chi connectivity index (χ1) is 14.6. The van der Waals surface area contributed by atoms with Gasteiger partial charge >= 0.3 is 6.18 Å². The third-order valence-corrected chi connectivity index (χ3v) is 4.63. The Hall–Kier alpha value is -3.50. The number of rotatable bonds is 7. The zero-order chi connectivity index (χ0) is 22.6. The molecule has 1 aliphatic heterocycles. The van der Waals surface area contributed by atoms with E-state index in [9.17, 15) is 28.1 Å². The summed E-state index contributed by atoms with van der Waals surface area (Å²) in [6.45, 7) is 1.27. The highest BCUT2D eigenvalue weighted by atomic mass is 19.4. The molecule has 1 heterocycles. The molecule has 0 bridgehead atoms. The molecule has 31 heavy (non-hydrogen) atoms. The van der Waals surface area contributed by atoms with Crippen molar-refractivity contribution < 1.29 is 32.4 Å². The summed E-state index contributed by atoms with van der Waals surface area (Å²) in [7, 11) is 1.61. The molecule has 3 rings (SSSR count). The maximum absolute atomic E-state index is 12.8. The number of nitro groups is 1. The van der Waals surface area contributed by atoms with Gasteiger partial charge in [-0.05, 0) is 29.8 Å². The summed E-state index contributed by atoms with van der Waals surface area (Å²) in [6.07, 6.45) is -4.69. The Labute approximate surface area is 175 Å². The van der Waals surface area contributed by atoms with Gasteiger partial charge in [-0.3, -0.25) is 14.9 Å². The average molecular weight is 439 g/mol. The van der Waals surface area contributed by atoms with Crippen molar-refractivity contribution >= 4 is 17.3 Å².